The molecule has 1 N–H and O–H groups in total. The van der Waals surface area contributed by atoms with E-state index in [1.54, 1.807) is 11.3 Å². The maximum absolute atomic E-state index is 4.31. The molecular formula is C14H19N3S. The number of hydrogen-bond donors (Lipinski definition) is 1. The molecule has 0 saturated heterocycles. The first-order chi connectivity index (χ1) is 8.65. The van der Waals surface area contributed by atoms with Crippen molar-refractivity contribution in [2.75, 3.05) is 7.05 Å². The van der Waals surface area contributed by atoms with Gasteiger partial charge in [-0.05, 0) is 56.0 Å². The molecule has 1 unspecified atom stereocenters. The molecule has 4 heteroatoms. The molecule has 0 bridgehead atoms. The Morgan fingerprint density at radius 2 is 2.06 bits per heavy atom. The minimum absolute atomic E-state index is 0.207. The van der Waals surface area contributed by atoms with Gasteiger partial charge < -0.3 is 5.32 Å². The van der Waals surface area contributed by atoms with E-state index in [9.17, 15) is 0 Å². The summed E-state index contributed by atoms with van der Waals surface area (Å²) in [6.45, 7) is 6.24. The molecule has 0 aliphatic rings. The minimum atomic E-state index is 0.207. The molecule has 0 fully saturated rings. The van der Waals surface area contributed by atoms with E-state index in [4.69, 9.17) is 0 Å². The summed E-state index contributed by atoms with van der Waals surface area (Å²) in [4.78, 5) is 1.34. The van der Waals surface area contributed by atoms with Crippen LogP contribution in [-0.2, 0) is 6.42 Å². The van der Waals surface area contributed by atoms with E-state index < -0.39 is 0 Å². The molecule has 0 amide bonds. The Kier molecular flexibility index (Phi) is 4.09. The van der Waals surface area contributed by atoms with Crippen molar-refractivity contribution in [3.63, 3.8) is 0 Å². The van der Waals surface area contributed by atoms with Gasteiger partial charge in [-0.2, -0.15) is 10.2 Å². The van der Waals surface area contributed by atoms with E-state index in [2.05, 4.69) is 46.9 Å². The average Bonchev–Trinajstić information content (AvgIpc) is 2.77. The van der Waals surface area contributed by atoms with E-state index in [0.717, 1.165) is 17.8 Å². The van der Waals surface area contributed by atoms with Crippen LogP contribution < -0.4 is 5.32 Å². The van der Waals surface area contributed by atoms with Crippen LogP contribution in [0, 0.1) is 13.8 Å². The zero-order valence-electron chi connectivity index (χ0n) is 11.3. The SMILES string of the molecule is CCc1nnc(C)cc1C(NC)c1csc(C)c1. The number of thiophene rings is 1. The maximum atomic E-state index is 4.31. The Hall–Kier alpha value is -1.26. The van der Waals surface area contributed by atoms with Gasteiger partial charge >= 0.3 is 0 Å². The quantitative estimate of drug-likeness (QED) is 0.919. The lowest BCUT2D eigenvalue weighted by atomic mass is 9.98. The number of hydrogen-bond acceptors (Lipinski definition) is 4. The molecule has 0 spiro atoms. The van der Waals surface area contributed by atoms with E-state index in [1.165, 1.54) is 16.0 Å². The van der Waals surface area contributed by atoms with Gasteiger partial charge in [-0.3, -0.25) is 0 Å². The van der Waals surface area contributed by atoms with Gasteiger partial charge in [0.2, 0.25) is 0 Å². The molecule has 18 heavy (non-hydrogen) atoms. The predicted molar refractivity (Wildman–Crippen MR) is 76.1 cm³/mol. The van der Waals surface area contributed by atoms with Crippen LogP contribution in [-0.4, -0.2) is 17.2 Å². The largest absolute Gasteiger partial charge is 0.309 e. The fourth-order valence-corrected chi connectivity index (χ4v) is 2.91. The summed E-state index contributed by atoms with van der Waals surface area (Å²) in [5.41, 5.74) is 4.59. The highest BCUT2D eigenvalue weighted by molar-refractivity contribution is 7.10. The van der Waals surface area contributed by atoms with Crippen LogP contribution in [0.5, 0.6) is 0 Å². The third kappa shape index (κ3) is 2.60. The number of aryl methyl sites for hydroxylation is 3. The average molecular weight is 261 g/mol. The van der Waals surface area contributed by atoms with Gasteiger partial charge in [-0.15, -0.1) is 11.3 Å². The first kappa shape index (κ1) is 13.2. The van der Waals surface area contributed by atoms with E-state index >= 15 is 0 Å². The lowest BCUT2D eigenvalue weighted by Crippen LogP contribution is -2.20. The van der Waals surface area contributed by atoms with Crippen molar-refractivity contribution in [2.24, 2.45) is 0 Å². The van der Waals surface area contributed by atoms with Gasteiger partial charge in [0, 0.05) is 4.88 Å². The summed E-state index contributed by atoms with van der Waals surface area (Å²) >= 11 is 1.78. The van der Waals surface area contributed by atoms with Gasteiger partial charge in [0.25, 0.3) is 0 Å². The molecule has 2 aromatic heterocycles. The molecule has 2 heterocycles. The second-order valence-corrected chi connectivity index (χ2v) is 5.57. The van der Waals surface area contributed by atoms with Crippen molar-refractivity contribution in [3.05, 3.63) is 44.9 Å². The molecule has 0 radical (unpaired) electrons. The first-order valence-electron chi connectivity index (χ1n) is 6.21. The zero-order chi connectivity index (χ0) is 13.1. The number of rotatable bonds is 4. The van der Waals surface area contributed by atoms with Crippen LogP contribution in [0.4, 0.5) is 0 Å². The van der Waals surface area contributed by atoms with Crippen LogP contribution in [0.25, 0.3) is 0 Å². The molecule has 3 nitrogen and oxygen atoms in total. The lowest BCUT2D eigenvalue weighted by molar-refractivity contribution is 0.671. The van der Waals surface area contributed by atoms with E-state index in [0.29, 0.717) is 0 Å². The van der Waals surface area contributed by atoms with Crippen LogP contribution in [0.15, 0.2) is 17.5 Å². The zero-order valence-corrected chi connectivity index (χ0v) is 12.1. The summed E-state index contributed by atoms with van der Waals surface area (Å²) in [7, 11) is 1.99. The Bertz CT molecular complexity index is 534. The van der Waals surface area contributed by atoms with Crippen molar-refractivity contribution in [1.82, 2.24) is 15.5 Å². The minimum Gasteiger partial charge on any atom is -0.309 e. The van der Waals surface area contributed by atoms with Crippen LogP contribution in [0.3, 0.4) is 0 Å². The summed E-state index contributed by atoms with van der Waals surface area (Å²) in [6.07, 6.45) is 0.907. The second kappa shape index (κ2) is 5.59. The first-order valence-corrected chi connectivity index (χ1v) is 7.09. The van der Waals surface area contributed by atoms with Gasteiger partial charge in [-0.1, -0.05) is 6.92 Å². The topological polar surface area (TPSA) is 37.8 Å². The van der Waals surface area contributed by atoms with E-state index in [-0.39, 0.29) is 6.04 Å². The Morgan fingerprint density at radius 3 is 2.61 bits per heavy atom. The van der Waals surface area contributed by atoms with Crippen LogP contribution in [0.1, 0.15) is 40.4 Å². The third-order valence-corrected chi connectivity index (χ3v) is 3.92. The number of nitrogens with zero attached hydrogens (tertiary/aromatic N) is 2. The Morgan fingerprint density at radius 1 is 1.28 bits per heavy atom. The highest BCUT2D eigenvalue weighted by atomic mass is 32.1. The Balaban J connectivity index is 2.47. The molecule has 2 rings (SSSR count). The molecular weight excluding hydrogens is 242 g/mol. The monoisotopic (exact) mass is 261 g/mol. The van der Waals surface area contributed by atoms with Crippen molar-refractivity contribution >= 4 is 11.3 Å². The second-order valence-electron chi connectivity index (χ2n) is 4.45. The smallest absolute Gasteiger partial charge is 0.0679 e. The fraction of sp³-hybridized carbons (Fsp3) is 0.429. The maximum Gasteiger partial charge on any atom is 0.0679 e. The van der Waals surface area contributed by atoms with Gasteiger partial charge in [0.15, 0.2) is 0 Å². The van der Waals surface area contributed by atoms with Crippen molar-refractivity contribution in [1.29, 1.82) is 0 Å². The third-order valence-electron chi connectivity index (χ3n) is 3.04. The molecule has 1 atom stereocenters. The van der Waals surface area contributed by atoms with Gasteiger partial charge in [0.1, 0.15) is 0 Å². The molecule has 96 valence electrons. The van der Waals surface area contributed by atoms with Crippen molar-refractivity contribution in [3.8, 4) is 0 Å². The van der Waals surface area contributed by atoms with Crippen LogP contribution >= 0.6 is 11.3 Å². The number of aromatic nitrogens is 2. The Labute approximate surface area is 112 Å². The summed E-state index contributed by atoms with van der Waals surface area (Å²) in [5.74, 6) is 0. The molecule has 0 saturated carbocycles. The molecule has 2 aromatic rings. The predicted octanol–water partition coefficient (Wildman–Crippen LogP) is 3.03. The van der Waals surface area contributed by atoms with Gasteiger partial charge in [0.05, 0.1) is 17.4 Å². The highest BCUT2D eigenvalue weighted by Gasteiger charge is 2.17. The van der Waals surface area contributed by atoms with E-state index in [1.807, 2.05) is 14.0 Å². The molecule has 0 aliphatic carbocycles. The van der Waals surface area contributed by atoms with Crippen LogP contribution in [0.2, 0.25) is 0 Å². The highest BCUT2D eigenvalue weighted by Crippen LogP contribution is 2.27. The van der Waals surface area contributed by atoms with Crippen molar-refractivity contribution in [2.45, 2.75) is 33.2 Å². The molecule has 0 aliphatic heterocycles. The van der Waals surface area contributed by atoms with Gasteiger partial charge in [-0.25, -0.2) is 0 Å². The van der Waals surface area contributed by atoms with Crippen molar-refractivity contribution < 1.29 is 0 Å². The normalized spacial score (nSPS) is 12.7. The summed E-state index contributed by atoms with van der Waals surface area (Å²) in [6, 6.07) is 4.58. The standard InChI is InChI=1S/C14H19N3S/c1-5-13-12(6-9(2)16-17-13)14(15-4)11-7-10(3)18-8-11/h6-8,14-15H,5H2,1-4H3. The number of nitrogens with one attached hydrogen (secondary N) is 1. The fourth-order valence-electron chi connectivity index (χ4n) is 2.18. The lowest BCUT2D eigenvalue weighted by Gasteiger charge is -2.18. The molecule has 0 aromatic carbocycles. The summed E-state index contributed by atoms with van der Waals surface area (Å²) in [5, 5.41) is 14.1. The summed E-state index contributed by atoms with van der Waals surface area (Å²) < 4.78 is 0.